The number of aryl methyl sites for hydroxylation is 1. The molecule has 3 aromatic rings. The van der Waals surface area contributed by atoms with Crippen LogP contribution < -0.4 is 5.32 Å². The Labute approximate surface area is 164 Å². The average Bonchev–Trinajstić information content (AvgIpc) is 3.08. The minimum atomic E-state index is -0.278. The summed E-state index contributed by atoms with van der Waals surface area (Å²) in [5.74, 6) is -0.262. The van der Waals surface area contributed by atoms with Gasteiger partial charge in [-0.05, 0) is 37.1 Å². The van der Waals surface area contributed by atoms with E-state index in [2.05, 4.69) is 47.5 Å². The van der Waals surface area contributed by atoms with Gasteiger partial charge in [0, 0.05) is 49.6 Å². The Morgan fingerprint density at radius 1 is 1.21 bits per heavy atom. The first kappa shape index (κ1) is 18.6. The predicted octanol–water partition coefficient (Wildman–Crippen LogP) is 4.06. The van der Waals surface area contributed by atoms with Gasteiger partial charge >= 0.3 is 0 Å². The number of carbonyl (C=O) groups is 1. The smallest absolute Gasteiger partial charge is 0.217 e. The number of fused-ring (bicyclic) bond motifs is 1. The Bertz CT molecular complexity index is 1020. The molecule has 1 saturated heterocycles. The van der Waals surface area contributed by atoms with Crippen molar-refractivity contribution in [3.05, 3.63) is 65.5 Å². The molecule has 144 valence electrons. The lowest BCUT2D eigenvalue weighted by Gasteiger charge is -2.19. The van der Waals surface area contributed by atoms with Crippen LogP contribution in [0.15, 0.2) is 48.5 Å². The van der Waals surface area contributed by atoms with Crippen molar-refractivity contribution >= 4 is 16.8 Å². The summed E-state index contributed by atoms with van der Waals surface area (Å²) in [7, 11) is 0. The highest BCUT2D eigenvalue weighted by molar-refractivity contribution is 5.83. The van der Waals surface area contributed by atoms with Gasteiger partial charge in [0.15, 0.2) is 0 Å². The Morgan fingerprint density at radius 2 is 2.00 bits per heavy atom. The van der Waals surface area contributed by atoms with E-state index in [1.165, 1.54) is 17.7 Å². The molecule has 1 unspecified atom stereocenters. The molecule has 1 amide bonds. The zero-order chi connectivity index (χ0) is 19.7. The van der Waals surface area contributed by atoms with Crippen LogP contribution in [0, 0.1) is 12.7 Å². The number of pyridine rings is 1. The minimum Gasteiger partial charge on any atom is -0.352 e. The second kappa shape index (κ2) is 7.68. The molecule has 28 heavy (non-hydrogen) atoms. The Hall–Kier alpha value is -2.79. The number of rotatable bonds is 4. The van der Waals surface area contributed by atoms with Crippen molar-refractivity contribution in [3.63, 3.8) is 0 Å². The number of likely N-dealkylation sites (tertiary alicyclic amines) is 1. The molecule has 4 nitrogen and oxygen atoms in total. The zero-order valence-corrected chi connectivity index (χ0v) is 16.2. The number of halogens is 1. The van der Waals surface area contributed by atoms with Crippen LogP contribution in [0.5, 0.6) is 0 Å². The Kier molecular flexibility index (Phi) is 5.09. The van der Waals surface area contributed by atoms with E-state index >= 15 is 0 Å². The van der Waals surface area contributed by atoms with Crippen molar-refractivity contribution in [2.75, 3.05) is 13.1 Å². The van der Waals surface area contributed by atoms with Gasteiger partial charge < -0.3 is 5.32 Å². The van der Waals surface area contributed by atoms with Crippen molar-refractivity contribution in [2.45, 2.75) is 32.9 Å². The molecule has 0 saturated carbocycles. The number of benzene rings is 2. The number of carbonyl (C=O) groups excluding carboxylic acids is 1. The summed E-state index contributed by atoms with van der Waals surface area (Å²) in [6.45, 7) is 6.12. The quantitative estimate of drug-likeness (QED) is 0.746. The van der Waals surface area contributed by atoms with Crippen LogP contribution in [-0.4, -0.2) is 34.9 Å². The van der Waals surface area contributed by atoms with E-state index in [1.54, 1.807) is 13.0 Å². The van der Waals surface area contributed by atoms with Gasteiger partial charge in [0.25, 0.3) is 0 Å². The molecule has 1 atom stereocenters. The lowest BCUT2D eigenvalue weighted by Crippen LogP contribution is -2.35. The fourth-order valence-electron chi connectivity index (χ4n) is 3.89. The highest BCUT2D eigenvalue weighted by Crippen LogP contribution is 2.28. The van der Waals surface area contributed by atoms with E-state index in [0.717, 1.165) is 48.3 Å². The van der Waals surface area contributed by atoms with Crippen LogP contribution >= 0.6 is 0 Å². The maximum atomic E-state index is 13.7. The molecule has 1 aromatic heterocycles. The van der Waals surface area contributed by atoms with E-state index in [0.29, 0.717) is 5.52 Å². The molecule has 0 aliphatic carbocycles. The van der Waals surface area contributed by atoms with E-state index in [4.69, 9.17) is 4.98 Å². The molecule has 0 radical (unpaired) electrons. The van der Waals surface area contributed by atoms with Crippen LogP contribution in [0.3, 0.4) is 0 Å². The van der Waals surface area contributed by atoms with Gasteiger partial charge in [-0.1, -0.05) is 29.8 Å². The summed E-state index contributed by atoms with van der Waals surface area (Å²) >= 11 is 0. The fraction of sp³-hybridized carbons (Fsp3) is 0.304. The number of amides is 1. The van der Waals surface area contributed by atoms with Crippen LogP contribution in [0.1, 0.15) is 24.5 Å². The van der Waals surface area contributed by atoms with E-state index < -0.39 is 0 Å². The number of nitrogens with zero attached hydrogens (tertiary/aromatic N) is 2. The predicted molar refractivity (Wildman–Crippen MR) is 109 cm³/mol. The summed E-state index contributed by atoms with van der Waals surface area (Å²) < 4.78 is 13.7. The third-order valence-corrected chi connectivity index (χ3v) is 5.26. The molecule has 1 N–H and O–H groups in total. The second-order valence-electron chi connectivity index (χ2n) is 7.62. The zero-order valence-electron chi connectivity index (χ0n) is 16.2. The maximum Gasteiger partial charge on any atom is 0.217 e. The highest BCUT2D eigenvalue weighted by Gasteiger charge is 2.24. The van der Waals surface area contributed by atoms with Gasteiger partial charge in [-0.3, -0.25) is 9.69 Å². The first-order valence-corrected chi connectivity index (χ1v) is 9.63. The molecule has 5 heteroatoms. The molecule has 1 aliphatic rings. The molecule has 0 bridgehead atoms. The molecular formula is C23H24FN3O. The van der Waals surface area contributed by atoms with E-state index in [1.807, 2.05) is 0 Å². The molecular weight excluding hydrogens is 353 g/mol. The van der Waals surface area contributed by atoms with Gasteiger partial charge in [-0.25, -0.2) is 9.37 Å². The summed E-state index contributed by atoms with van der Waals surface area (Å²) in [6.07, 6.45) is 0.950. The largest absolute Gasteiger partial charge is 0.352 e. The lowest BCUT2D eigenvalue weighted by atomic mass is 10.0. The average molecular weight is 377 g/mol. The standard InChI is InChI=1S/C23H24FN3O/c1-15-3-5-17(6-4-15)23-19(11-18-7-8-20(24)12-22(18)26-23)13-27-10-9-21(14-27)25-16(2)28/h3-8,11-12,21H,9-10,13-14H2,1-2H3,(H,25,28). The van der Waals surface area contributed by atoms with Gasteiger partial charge in [-0.2, -0.15) is 0 Å². The normalized spacial score (nSPS) is 17.2. The van der Waals surface area contributed by atoms with Gasteiger partial charge in [0.1, 0.15) is 5.82 Å². The van der Waals surface area contributed by atoms with Gasteiger partial charge in [-0.15, -0.1) is 0 Å². The highest BCUT2D eigenvalue weighted by atomic mass is 19.1. The van der Waals surface area contributed by atoms with Crippen molar-refractivity contribution in [1.82, 2.24) is 15.2 Å². The van der Waals surface area contributed by atoms with Gasteiger partial charge in [0.05, 0.1) is 11.2 Å². The number of nitrogens with one attached hydrogen (secondary N) is 1. The van der Waals surface area contributed by atoms with Crippen LogP contribution in [-0.2, 0) is 11.3 Å². The number of hydrogen-bond donors (Lipinski definition) is 1. The molecule has 1 fully saturated rings. The Balaban J connectivity index is 1.69. The topological polar surface area (TPSA) is 45.2 Å². The fourth-order valence-corrected chi connectivity index (χ4v) is 3.89. The first-order valence-electron chi connectivity index (χ1n) is 9.63. The molecule has 2 heterocycles. The molecule has 0 spiro atoms. The SMILES string of the molecule is CC(=O)NC1CCN(Cc2cc3ccc(F)cc3nc2-c2ccc(C)cc2)C1. The summed E-state index contributed by atoms with van der Waals surface area (Å²) in [5, 5.41) is 3.94. The molecule has 2 aromatic carbocycles. The third-order valence-electron chi connectivity index (χ3n) is 5.26. The molecule has 4 rings (SSSR count). The molecule has 1 aliphatic heterocycles. The van der Waals surface area contributed by atoms with Crippen molar-refractivity contribution in [2.24, 2.45) is 0 Å². The lowest BCUT2D eigenvalue weighted by molar-refractivity contribution is -0.119. The Morgan fingerprint density at radius 3 is 2.75 bits per heavy atom. The maximum absolute atomic E-state index is 13.7. The summed E-state index contributed by atoms with van der Waals surface area (Å²) in [6, 6.07) is 15.3. The van der Waals surface area contributed by atoms with Crippen molar-refractivity contribution in [3.8, 4) is 11.3 Å². The van der Waals surface area contributed by atoms with Crippen molar-refractivity contribution < 1.29 is 9.18 Å². The third kappa shape index (κ3) is 4.04. The summed E-state index contributed by atoms with van der Waals surface area (Å²) in [5.41, 5.74) is 4.89. The monoisotopic (exact) mass is 377 g/mol. The summed E-state index contributed by atoms with van der Waals surface area (Å²) in [4.78, 5) is 18.5. The van der Waals surface area contributed by atoms with Crippen molar-refractivity contribution in [1.29, 1.82) is 0 Å². The first-order chi connectivity index (χ1) is 13.5. The van der Waals surface area contributed by atoms with E-state index in [9.17, 15) is 9.18 Å². The van der Waals surface area contributed by atoms with Crippen LogP contribution in [0.4, 0.5) is 4.39 Å². The number of hydrogen-bond acceptors (Lipinski definition) is 3. The second-order valence-corrected chi connectivity index (χ2v) is 7.62. The minimum absolute atomic E-state index is 0.0154. The number of aromatic nitrogens is 1. The van der Waals surface area contributed by atoms with E-state index in [-0.39, 0.29) is 17.8 Å². The van der Waals surface area contributed by atoms with Crippen LogP contribution in [0.25, 0.3) is 22.2 Å². The van der Waals surface area contributed by atoms with Gasteiger partial charge in [0.2, 0.25) is 5.91 Å². The van der Waals surface area contributed by atoms with Crippen LogP contribution in [0.2, 0.25) is 0 Å².